The highest BCUT2D eigenvalue weighted by Crippen LogP contribution is 2.22. The number of pyridine rings is 1. The molecule has 0 saturated heterocycles. The van der Waals surface area contributed by atoms with Gasteiger partial charge in [-0.15, -0.1) is 0 Å². The first-order chi connectivity index (χ1) is 11.8. The minimum atomic E-state index is -0.0417. The zero-order valence-electron chi connectivity index (χ0n) is 13.7. The molecule has 0 aliphatic heterocycles. The second-order valence-electron chi connectivity index (χ2n) is 5.60. The summed E-state index contributed by atoms with van der Waals surface area (Å²) in [5.74, 6) is 0.734. The number of hydrogen-bond donors (Lipinski definition) is 1. The Balaban J connectivity index is 1.49. The van der Waals surface area contributed by atoms with E-state index in [1.54, 1.807) is 6.20 Å². The lowest BCUT2D eigenvalue weighted by Crippen LogP contribution is -2.26. The van der Waals surface area contributed by atoms with Crippen LogP contribution in [0.1, 0.15) is 22.3 Å². The van der Waals surface area contributed by atoms with Crippen LogP contribution in [0.4, 0.5) is 0 Å². The highest BCUT2D eigenvalue weighted by molar-refractivity contribution is 5.95. The number of carbonyl (C=O) groups excluding carboxylic acids is 1. The van der Waals surface area contributed by atoms with E-state index in [2.05, 4.69) is 10.3 Å². The summed E-state index contributed by atoms with van der Waals surface area (Å²) in [4.78, 5) is 16.5. The second kappa shape index (κ2) is 7.59. The lowest BCUT2D eigenvalue weighted by molar-refractivity contribution is 0.0951. The molecule has 0 atom stereocenters. The van der Waals surface area contributed by atoms with E-state index in [4.69, 9.17) is 4.74 Å². The Morgan fingerprint density at radius 2 is 1.92 bits per heavy atom. The van der Waals surface area contributed by atoms with E-state index in [-0.39, 0.29) is 5.91 Å². The van der Waals surface area contributed by atoms with E-state index >= 15 is 0 Å². The topological polar surface area (TPSA) is 51.2 Å². The van der Waals surface area contributed by atoms with E-state index in [0.717, 1.165) is 34.2 Å². The Morgan fingerprint density at radius 3 is 2.79 bits per heavy atom. The molecule has 0 spiro atoms. The molecule has 1 heterocycles. The van der Waals surface area contributed by atoms with Crippen molar-refractivity contribution in [2.75, 3.05) is 13.2 Å². The summed E-state index contributed by atoms with van der Waals surface area (Å²) in [7, 11) is 0. The first-order valence-electron chi connectivity index (χ1n) is 8.06. The van der Waals surface area contributed by atoms with Crippen LogP contribution in [0, 0.1) is 6.92 Å². The van der Waals surface area contributed by atoms with E-state index in [1.807, 2.05) is 61.5 Å². The molecular formula is C20H20N2O2. The number of hydrogen-bond acceptors (Lipinski definition) is 3. The molecule has 24 heavy (non-hydrogen) atoms. The molecule has 0 radical (unpaired) electrons. The first-order valence-corrected chi connectivity index (χ1v) is 8.06. The third-order valence-corrected chi connectivity index (χ3v) is 3.85. The van der Waals surface area contributed by atoms with Crippen molar-refractivity contribution < 1.29 is 9.53 Å². The van der Waals surface area contributed by atoms with Gasteiger partial charge in [0.2, 0.25) is 0 Å². The Labute approximate surface area is 141 Å². The van der Waals surface area contributed by atoms with Crippen LogP contribution in [-0.4, -0.2) is 24.0 Å². The number of rotatable bonds is 6. The van der Waals surface area contributed by atoms with Crippen molar-refractivity contribution in [1.29, 1.82) is 0 Å². The van der Waals surface area contributed by atoms with Gasteiger partial charge in [0.15, 0.2) is 0 Å². The van der Waals surface area contributed by atoms with E-state index in [9.17, 15) is 4.79 Å². The summed E-state index contributed by atoms with van der Waals surface area (Å²) in [5.41, 5.74) is 2.56. The quantitative estimate of drug-likeness (QED) is 0.704. The van der Waals surface area contributed by atoms with Gasteiger partial charge in [0.25, 0.3) is 5.91 Å². The molecule has 2 aromatic carbocycles. The molecular weight excluding hydrogens is 300 g/mol. The lowest BCUT2D eigenvalue weighted by atomic mass is 10.1. The van der Waals surface area contributed by atoms with Crippen LogP contribution >= 0.6 is 0 Å². The standard InChI is InChI=1S/C20H20N2O2/c1-15-7-2-3-10-17(15)20(23)22-13-6-14-24-18-11-4-8-16-9-5-12-21-19(16)18/h2-5,7-12H,6,13-14H2,1H3,(H,22,23). The zero-order chi connectivity index (χ0) is 16.8. The maximum absolute atomic E-state index is 12.1. The molecule has 1 N–H and O–H groups in total. The molecule has 0 unspecified atom stereocenters. The molecule has 1 aromatic heterocycles. The molecule has 4 heteroatoms. The zero-order valence-corrected chi connectivity index (χ0v) is 13.7. The first kappa shape index (κ1) is 16.0. The molecule has 3 rings (SSSR count). The van der Waals surface area contributed by atoms with Crippen molar-refractivity contribution in [3.05, 3.63) is 71.9 Å². The van der Waals surface area contributed by atoms with Crippen LogP contribution in [0.3, 0.4) is 0 Å². The highest BCUT2D eigenvalue weighted by atomic mass is 16.5. The highest BCUT2D eigenvalue weighted by Gasteiger charge is 2.07. The Morgan fingerprint density at radius 1 is 1.08 bits per heavy atom. The molecule has 3 aromatic rings. The monoisotopic (exact) mass is 320 g/mol. The fraction of sp³-hybridized carbons (Fsp3) is 0.200. The number of benzene rings is 2. The predicted octanol–water partition coefficient (Wildman–Crippen LogP) is 3.74. The van der Waals surface area contributed by atoms with Crippen molar-refractivity contribution in [2.24, 2.45) is 0 Å². The van der Waals surface area contributed by atoms with E-state index in [0.29, 0.717) is 13.2 Å². The average Bonchev–Trinajstić information content (AvgIpc) is 2.62. The third kappa shape index (κ3) is 3.71. The van der Waals surface area contributed by atoms with Gasteiger partial charge in [0.1, 0.15) is 11.3 Å². The molecule has 0 bridgehead atoms. The van der Waals surface area contributed by atoms with Gasteiger partial charge in [0, 0.05) is 23.7 Å². The van der Waals surface area contributed by atoms with Crippen LogP contribution < -0.4 is 10.1 Å². The predicted molar refractivity (Wildman–Crippen MR) is 95.4 cm³/mol. The maximum Gasteiger partial charge on any atom is 0.251 e. The SMILES string of the molecule is Cc1ccccc1C(=O)NCCCOc1cccc2cccnc12. The molecule has 122 valence electrons. The van der Waals surface area contributed by atoms with Gasteiger partial charge in [-0.25, -0.2) is 0 Å². The molecule has 4 nitrogen and oxygen atoms in total. The van der Waals surface area contributed by atoms with Gasteiger partial charge < -0.3 is 10.1 Å². The number of ether oxygens (including phenoxy) is 1. The number of nitrogens with zero attached hydrogens (tertiary/aromatic N) is 1. The fourth-order valence-electron chi connectivity index (χ4n) is 2.57. The summed E-state index contributed by atoms with van der Waals surface area (Å²) < 4.78 is 5.82. The number of nitrogens with one attached hydrogen (secondary N) is 1. The summed E-state index contributed by atoms with van der Waals surface area (Å²) >= 11 is 0. The molecule has 0 aliphatic rings. The number of fused-ring (bicyclic) bond motifs is 1. The maximum atomic E-state index is 12.1. The number of carbonyl (C=O) groups is 1. The van der Waals surface area contributed by atoms with Crippen molar-refractivity contribution in [2.45, 2.75) is 13.3 Å². The van der Waals surface area contributed by atoms with Crippen LogP contribution in [0.25, 0.3) is 10.9 Å². The number of aromatic nitrogens is 1. The van der Waals surface area contributed by atoms with Crippen LogP contribution in [0.2, 0.25) is 0 Å². The van der Waals surface area contributed by atoms with Gasteiger partial charge in [-0.3, -0.25) is 9.78 Å². The lowest BCUT2D eigenvalue weighted by Gasteiger charge is -2.10. The largest absolute Gasteiger partial charge is 0.491 e. The fourth-order valence-corrected chi connectivity index (χ4v) is 2.57. The molecule has 1 amide bonds. The molecule has 0 aliphatic carbocycles. The Bertz CT molecular complexity index is 840. The number of para-hydroxylation sites is 1. The average molecular weight is 320 g/mol. The van der Waals surface area contributed by atoms with Gasteiger partial charge in [-0.05, 0) is 37.1 Å². The second-order valence-corrected chi connectivity index (χ2v) is 5.60. The van der Waals surface area contributed by atoms with Crippen LogP contribution in [-0.2, 0) is 0 Å². The van der Waals surface area contributed by atoms with E-state index < -0.39 is 0 Å². The van der Waals surface area contributed by atoms with E-state index in [1.165, 1.54) is 0 Å². The molecule has 0 saturated carbocycles. The summed E-state index contributed by atoms with van der Waals surface area (Å²) in [6.45, 7) is 3.04. The van der Waals surface area contributed by atoms with Gasteiger partial charge in [0.05, 0.1) is 6.61 Å². The van der Waals surface area contributed by atoms with Gasteiger partial charge >= 0.3 is 0 Å². The van der Waals surface area contributed by atoms with Crippen molar-refractivity contribution in [1.82, 2.24) is 10.3 Å². The summed E-state index contributed by atoms with van der Waals surface area (Å²) in [5, 5.41) is 3.99. The Hall–Kier alpha value is -2.88. The summed E-state index contributed by atoms with van der Waals surface area (Å²) in [6, 6.07) is 17.4. The van der Waals surface area contributed by atoms with Gasteiger partial charge in [-0.2, -0.15) is 0 Å². The third-order valence-electron chi connectivity index (χ3n) is 3.85. The Kier molecular flexibility index (Phi) is 5.06. The number of amides is 1. The normalized spacial score (nSPS) is 10.5. The molecule has 0 fully saturated rings. The minimum Gasteiger partial charge on any atom is -0.491 e. The van der Waals surface area contributed by atoms with Crippen molar-refractivity contribution >= 4 is 16.8 Å². The smallest absolute Gasteiger partial charge is 0.251 e. The van der Waals surface area contributed by atoms with Crippen molar-refractivity contribution in [3.8, 4) is 5.75 Å². The summed E-state index contributed by atoms with van der Waals surface area (Å²) in [6.07, 6.45) is 2.50. The van der Waals surface area contributed by atoms with Crippen LogP contribution in [0.5, 0.6) is 5.75 Å². The minimum absolute atomic E-state index is 0.0417. The van der Waals surface area contributed by atoms with Gasteiger partial charge in [-0.1, -0.05) is 36.4 Å². The van der Waals surface area contributed by atoms with Crippen molar-refractivity contribution in [3.63, 3.8) is 0 Å². The number of aryl methyl sites for hydroxylation is 1. The van der Waals surface area contributed by atoms with Crippen LogP contribution in [0.15, 0.2) is 60.8 Å².